The van der Waals surface area contributed by atoms with Gasteiger partial charge in [-0.1, -0.05) is 42.5 Å². The molecule has 0 aliphatic heterocycles. The summed E-state index contributed by atoms with van der Waals surface area (Å²) in [7, 11) is 0. The zero-order chi connectivity index (χ0) is 25.5. The number of nitrogens with one attached hydrogen (secondary N) is 3. The van der Waals surface area contributed by atoms with Crippen LogP contribution in [0.15, 0.2) is 78.5 Å². The first kappa shape index (κ1) is 24.7. The van der Waals surface area contributed by atoms with Crippen molar-refractivity contribution in [3.63, 3.8) is 0 Å². The van der Waals surface area contributed by atoms with Crippen LogP contribution in [0.2, 0.25) is 0 Å². The van der Waals surface area contributed by atoms with E-state index in [1.165, 1.54) is 0 Å². The molecule has 0 atom stereocenters. The lowest BCUT2D eigenvalue weighted by molar-refractivity contribution is -0.117. The number of aromatic amines is 1. The van der Waals surface area contributed by atoms with E-state index in [0.29, 0.717) is 18.5 Å². The number of hydrogen-bond acceptors (Lipinski definition) is 4. The van der Waals surface area contributed by atoms with Crippen LogP contribution in [0.25, 0.3) is 17.1 Å². The van der Waals surface area contributed by atoms with Crippen molar-refractivity contribution in [1.29, 1.82) is 0 Å². The standard InChI is InChI=1S/C29H30N4O3/c1-19(2)36-22-14-12-21(13-15-22)18-26(33-28(34)23-9-5-4-8-20(23)3)29(35)30-17-16-27-31-24-10-6-7-11-25(24)32-27/h4-15,18-19H,16-17H2,1-3H3,(H,30,35)(H,31,32)(H,33,34). The minimum atomic E-state index is -0.379. The van der Waals surface area contributed by atoms with Crippen LogP contribution in [0.5, 0.6) is 5.75 Å². The van der Waals surface area contributed by atoms with Crippen molar-refractivity contribution in [2.45, 2.75) is 33.3 Å². The SMILES string of the molecule is Cc1ccccc1C(=O)NC(=Cc1ccc(OC(C)C)cc1)C(=O)NCCc1nc2ccccc2[nH]1. The van der Waals surface area contributed by atoms with Gasteiger partial charge in [0.15, 0.2) is 0 Å². The van der Waals surface area contributed by atoms with E-state index in [1.54, 1.807) is 18.2 Å². The number of carbonyl (C=O) groups excluding carboxylic acids is 2. The van der Waals surface area contributed by atoms with Gasteiger partial charge in [0, 0.05) is 18.5 Å². The van der Waals surface area contributed by atoms with Gasteiger partial charge in [-0.25, -0.2) is 4.98 Å². The number of aromatic nitrogens is 2. The summed E-state index contributed by atoms with van der Waals surface area (Å²) >= 11 is 0. The zero-order valence-corrected chi connectivity index (χ0v) is 20.7. The van der Waals surface area contributed by atoms with Crippen LogP contribution in [0.4, 0.5) is 0 Å². The predicted molar refractivity (Wildman–Crippen MR) is 142 cm³/mol. The van der Waals surface area contributed by atoms with Crippen molar-refractivity contribution in [1.82, 2.24) is 20.6 Å². The second kappa shape index (κ2) is 11.4. The second-order valence-electron chi connectivity index (χ2n) is 8.77. The lowest BCUT2D eigenvalue weighted by atomic mass is 10.1. The summed E-state index contributed by atoms with van der Waals surface area (Å²) in [4.78, 5) is 33.9. The number of fused-ring (bicyclic) bond motifs is 1. The minimum absolute atomic E-state index is 0.0629. The van der Waals surface area contributed by atoms with E-state index in [0.717, 1.165) is 33.7 Å². The summed E-state index contributed by atoms with van der Waals surface area (Å²) in [5.74, 6) is 0.803. The molecule has 0 unspecified atom stereocenters. The summed E-state index contributed by atoms with van der Waals surface area (Å²) in [5, 5.41) is 5.69. The molecule has 0 spiro atoms. The first-order chi connectivity index (χ1) is 17.4. The second-order valence-corrected chi connectivity index (χ2v) is 8.77. The van der Waals surface area contributed by atoms with Crippen molar-refractivity contribution < 1.29 is 14.3 Å². The number of amides is 2. The molecule has 1 heterocycles. The van der Waals surface area contributed by atoms with Crippen molar-refractivity contribution in [3.05, 3.63) is 101 Å². The monoisotopic (exact) mass is 482 g/mol. The fourth-order valence-corrected chi connectivity index (χ4v) is 3.77. The fourth-order valence-electron chi connectivity index (χ4n) is 3.77. The van der Waals surface area contributed by atoms with E-state index in [1.807, 2.05) is 81.4 Å². The van der Waals surface area contributed by atoms with Gasteiger partial charge in [-0.05, 0) is 68.3 Å². The van der Waals surface area contributed by atoms with Crippen LogP contribution < -0.4 is 15.4 Å². The Bertz CT molecular complexity index is 1350. The summed E-state index contributed by atoms with van der Waals surface area (Å²) in [6.45, 7) is 6.14. The molecule has 2 amide bonds. The molecule has 0 aliphatic carbocycles. The van der Waals surface area contributed by atoms with Gasteiger partial charge >= 0.3 is 0 Å². The van der Waals surface area contributed by atoms with Gasteiger partial charge in [0.1, 0.15) is 17.3 Å². The molecular weight excluding hydrogens is 452 g/mol. The maximum atomic E-state index is 13.1. The molecule has 0 fully saturated rings. The number of carbonyl (C=O) groups is 2. The third-order valence-electron chi connectivity index (χ3n) is 5.53. The topological polar surface area (TPSA) is 96.1 Å². The number of ether oxygens (including phenoxy) is 1. The van der Waals surface area contributed by atoms with Gasteiger partial charge in [-0.15, -0.1) is 0 Å². The molecule has 4 aromatic rings. The fraction of sp³-hybridized carbons (Fsp3) is 0.207. The first-order valence-electron chi connectivity index (χ1n) is 12.0. The zero-order valence-electron chi connectivity index (χ0n) is 20.7. The van der Waals surface area contributed by atoms with Crippen molar-refractivity contribution >= 4 is 28.9 Å². The van der Waals surface area contributed by atoms with Crippen LogP contribution in [0.1, 0.15) is 41.2 Å². The molecule has 0 saturated heterocycles. The summed E-state index contributed by atoms with van der Waals surface area (Å²) in [6.07, 6.45) is 2.25. The molecule has 7 nitrogen and oxygen atoms in total. The Kier molecular flexibility index (Phi) is 7.80. The van der Waals surface area contributed by atoms with Gasteiger partial charge in [0.2, 0.25) is 0 Å². The minimum Gasteiger partial charge on any atom is -0.491 e. The van der Waals surface area contributed by atoms with E-state index in [4.69, 9.17) is 4.74 Å². The Labute approximate surface area is 210 Å². The molecule has 3 aromatic carbocycles. The van der Waals surface area contributed by atoms with E-state index in [2.05, 4.69) is 20.6 Å². The highest BCUT2D eigenvalue weighted by Crippen LogP contribution is 2.16. The molecule has 36 heavy (non-hydrogen) atoms. The summed E-state index contributed by atoms with van der Waals surface area (Å²) in [6, 6.07) is 22.4. The van der Waals surface area contributed by atoms with E-state index < -0.39 is 0 Å². The lowest BCUT2D eigenvalue weighted by Crippen LogP contribution is -2.36. The first-order valence-corrected chi connectivity index (χ1v) is 12.0. The molecule has 3 N–H and O–H groups in total. The molecule has 7 heteroatoms. The quantitative estimate of drug-likeness (QED) is 0.299. The van der Waals surface area contributed by atoms with E-state index in [9.17, 15) is 9.59 Å². The molecule has 4 rings (SSSR count). The molecule has 0 aliphatic rings. The lowest BCUT2D eigenvalue weighted by Gasteiger charge is -2.13. The smallest absolute Gasteiger partial charge is 0.267 e. The number of hydrogen-bond donors (Lipinski definition) is 3. The van der Waals surface area contributed by atoms with E-state index in [-0.39, 0.29) is 23.6 Å². The maximum Gasteiger partial charge on any atom is 0.267 e. The molecular formula is C29H30N4O3. The molecule has 184 valence electrons. The van der Waals surface area contributed by atoms with Gasteiger partial charge in [-0.3, -0.25) is 9.59 Å². The average Bonchev–Trinajstić information content (AvgIpc) is 3.27. The average molecular weight is 483 g/mol. The van der Waals surface area contributed by atoms with E-state index >= 15 is 0 Å². The molecule has 1 aromatic heterocycles. The summed E-state index contributed by atoms with van der Waals surface area (Å²) < 4.78 is 5.70. The summed E-state index contributed by atoms with van der Waals surface area (Å²) in [5.41, 5.74) is 4.10. The highest BCUT2D eigenvalue weighted by atomic mass is 16.5. The number of para-hydroxylation sites is 2. The Morgan fingerprint density at radius 3 is 2.44 bits per heavy atom. The van der Waals surface area contributed by atoms with Gasteiger partial charge < -0.3 is 20.4 Å². The van der Waals surface area contributed by atoms with Crippen LogP contribution in [0, 0.1) is 6.92 Å². The third-order valence-corrected chi connectivity index (χ3v) is 5.53. The Balaban J connectivity index is 1.49. The predicted octanol–water partition coefficient (Wildman–Crippen LogP) is 4.79. The maximum absolute atomic E-state index is 13.1. The highest BCUT2D eigenvalue weighted by molar-refractivity contribution is 6.05. The third kappa shape index (κ3) is 6.39. The number of H-pyrrole nitrogens is 1. The highest BCUT2D eigenvalue weighted by Gasteiger charge is 2.16. The van der Waals surface area contributed by atoms with Crippen molar-refractivity contribution in [2.75, 3.05) is 6.54 Å². The number of imidazole rings is 1. The molecule has 0 saturated carbocycles. The number of aryl methyl sites for hydroxylation is 1. The van der Waals surface area contributed by atoms with Crippen LogP contribution in [-0.2, 0) is 11.2 Å². The Hall–Kier alpha value is -4.39. The largest absolute Gasteiger partial charge is 0.491 e. The van der Waals surface area contributed by atoms with Crippen molar-refractivity contribution in [2.24, 2.45) is 0 Å². The Morgan fingerprint density at radius 1 is 1.00 bits per heavy atom. The van der Waals surface area contributed by atoms with Crippen LogP contribution in [-0.4, -0.2) is 34.4 Å². The Morgan fingerprint density at radius 2 is 1.72 bits per heavy atom. The van der Waals surface area contributed by atoms with Crippen LogP contribution >= 0.6 is 0 Å². The van der Waals surface area contributed by atoms with Crippen molar-refractivity contribution in [3.8, 4) is 5.75 Å². The van der Waals surface area contributed by atoms with Gasteiger partial charge in [0.05, 0.1) is 17.1 Å². The van der Waals surface area contributed by atoms with Gasteiger partial charge in [0.25, 0.3) is 11.8 Å². The van der Waals surface area contributed by atoms with Crippen LogP contribution in [0.3, 0.4) is 0 Å². The number of rotatable bonds is 9. The molecule has 0 radical (unpaired) electrons. The molecule has 0 bridgehead atoms. The number of benzene rings is 3. The van der Waals surface area contributed by atoms with Gasteiger partial charge in [-0.2, -0.15) is 0 Å². The number of nitrogens with zero attached hydrogens (tertiary/aromatic N) is 1. The normalized spacial score (nSPS) is 11.5.